The maximum atomic E-state index is 13.4. The lowest BCUT2D eigenvalue weighted by Crippen LogP contribution is -2.31. The van der Waals surface area contributed by atoms with Crippen LogP contribution in [0.15, 0.2) is 48.5 Å². The number of aliphatic hydroxyl groups excluding tert-OH is 1. The van der Waals surface area contributed by atoms with E-state index < -0.39 is 6.10 Å². The fraction of sp³-hybridized carbons (Fsp3) is 0.294. The van der Waals surface area contributed by atoms with E-state index in [1.807, 2.05) is 13.0 Å². The standard InChI is InChI=1S/C17H20FNO2/c1-2-16(19)17(13-6-4-7-14(18)10-13)21-15-8-3-5-12(9-15)11-20/h3-10,16-17,20H,2,11,19H2,1H3. The van der Waals surface area contributed by atoms with Gasteiger partial charge in [0.15, 0.2) is 0 Å². The van der Waals surface area contributed by atoms with Gasteiger partial charge in [-0.05, 0) is 41.8 Å². The van der Waals surface area contributed by atoms with Gasteiger partial charge in [0.05, 0.1) is 6.61 Å². The highest BCUT2D eigenvalue weighted by Gasteiger charge is 2.21. The Bertz CT molecular complexity index is 589. The van der Waals surface area contributed by atoms with Crippen molar-refractivity contribution in [2.75, 3.05) is 0 Å². The number of aliphatic hydroxyl groups is 1. The molecule has 0 aliphatic rings. The Morgan fingerprint density at radius 3 is 2.62 bits per heavy atom. The Kier molecular flexibility index (Phi) is 5.31. The summed E-state index contributed by atoms with van der Waals surface area (Å²) < 4.78 is 19.4. The molecule has 0 aliphatic heterocycles. The van der Waals surface area contributed by atoms with Crippen molar-refractivity contribution in [3.63, 3.8) is 0 Å². The predicted molar refractivity (Wildman–Crippen MR) is 80.4 cm³/mol. The third-order valence-electron chi connectivity index (χ3n) is 3.38. The molecule has 0 amide bonds. The summed E-state index contributed by atoms with van der Waals surface area (Å²) in [4.78, 5) is 0. The van der Waals surface area contributed by atoms with E-state index in [-0.39, 0.29) is 18.5 Å². The van der Waals surface area contributed by atoms with Gasteiger partial charge in [0.2, 0.25) is 0 Å². The molecule has 3 nitrogen and oxygen atoms in total. The summed E-state index contributed by atoms with van der Waals surface area (Å²) in [5.74, 6) is 0.299. The Morgan fingerprint density at radius 2 is 1.95 bits per heavy atom. The predicted octanol–water partition coefficient (Wildman–Crippen LogP) is 3.18. The summed E-state index contributed by atoms with van der Waals surface area (Å²) >= 11 is 0. The van der Waals surface area contributed by atoms with Gasteiger partial charge in [-0.1, -0.05) is 31.2 Å². The zero-order valence-electron chi connectivity index (χ0n) is 12.0. The van der Waals surface area contributed by atoms with Crippen LogP contribution in [-0.2, 0) is 6.61 Å². The molecule has 0 spiro atoms. The van der Waals surface area contributed by atoms with Crippen LogP contribution in [0.5, 0.6) is 5.75 Å². The molecule has 4 heteroatoms. The van der Waals surface area contributed by atoms with E-state index in [1.54, 1.807) is 30.3 Å². The summed E-state index contributed by atoms with van der Waals surface area (Å²) in [6.07, 6.45) is 0.278. The molecule has 0 bridgehead atoms. The minimum absolute atomic E-state index is 0.0539. The van der Waals surface area contributed by atoms with Gasteiger partial charge >= 0.3 is 0 Å². The van der Waals surface area contributed by atoms with Gasteiger partial charge in [-0.25, -0.2) is 4.39 Å². The molecule has 0 heterocycles. The first-order valence-electron chi connectivity index (χ1n) is 7.01. The van der Waals surface area contributed by atoms with E-state index in [0.717, 1.165) is 5.56 Å². The van der Waals surface area contributed by atoms with Gasteiger partial charge < -0.3 is 15.6 Å². The van der Waals surface area contributed by atoms with Crippen LogP contribution >= 0.6 is 0 Å². The Labute approximate surface area is 124 Å². The number of nitrogens with two attached hydrogens (primary N) is 1. The van der Waals surface area contributed by atoms with Gasteiger partial charge in [0, 0.05) is 6.04 Å². The lowest BCUT2D eigenvalue weighted by atomic mass is 10.0. The molecule has 0 aliphatic carbocycles. The highest BCUT2D eigenvalue weighted by atomic mass is 19.1. The third-order valence-corrected chi connectivity index (χ3v) is 3.38. The molecule has 0 aromatic heterocycles. The smallest absolute Gasteiger partial charge is 0.139 e. The SMILES string of the molecule is CCC(N)C(Oc1cccc(CO)c1)c1cccc(F)c1. The van der Waals surface area contributed by atoms with Gasteiger partial charge in [0.1, 0.15) is 17.7 Å². The lowest BCUT2D eigenvalue weighted by molar-refractivity contribution is 0.170. The highest BCUT2D eigenvalue weighted by molar-refractivity contribution is 5.30. The monoisotopic (exact) mass is 289 g/mol. The molecule has 0 radical (unpaired) electrons. The summed E-state index contributed by atoms with van der Waals surface area (Å²) in [5.41, 5.74) is 7.59. The number of rotatable bonds is 6. The van der Waals surface area contributed by atoms with Crippen LogP contribution in [0.1, 0.15) is 30.6 Å². The zero-order chi connectivity index (χ0) is 15.2. The molecule has 2 rings (SSSR count). The average molecular weight is 289 g/mol. The second kappa shape index (κ2) is 7.20. The molecule has 0 fully saturated rings. The molecular formula is C17H20FNO2. The van der Waals surface area contributed by atoms with Gasteiger partial charge in [-0.15, -0.1) is 0 Å². The van der Waals surface area contributed by atoms with Crippen LogP contribution in [0, 0.1) is 5.82 Å². The molecule has 0 saturated heterocycles. The molecule has 0 saturated carbocycles. The summed E-state index contributed by atoms with van der Waals surface area (Å²) in [5, 5.41) is 9.18. The average Bonchev–Trinajstić information content (AvgIpc) is 2.52. The van der Waals surface area contributed by atoms with Crippen molar-refractivity contribution >= 4 is 0 Å². The normalized spacial score (nSPS) is 13.7. The fourth-order valence-electron chi connectivity index (χ4n) is 2.16. The third kappa shape index (κ3) is 4.03. The van der Waals surface area contributed by atoms with Crippen LogP contribution in [0.3, 0.4) is 0 Å². The van der Waals surface area contributed by atoms with Gasteiger partial charge in [-0.2, -0.15) is 0 Å². The van der Waals surface area contributed by atoms with Crippen molar-refractivity contribution in [1.82, 2.24) is 0 Å². The second-order valence-electron chi connectivity index (χ2n) is 4.97. The number of benzene rings is 2. The van der Waals surface area contributed by atoms with Crippen LogP contribution in [0.4, 0.5) is 4.39 Å². The van der Waals surface area contributed by atoms with E-state index >= 15 is 0 Å². The summed E-state index contributed by atoms with van der Waals surface area (Å²) in [6, 6.07) is 13.2. The minimum atomic E-state index is -0.431. The van der Waals surface area contributed by atoms with Crippen molar-refractivity contribution in [2.45, 2.75) is 32.1 Å². The van der Waals surface area contributed by atoms with Crippen molar-refractivity contribution in [3.05, 3.63) is 65.5 Å². The van der Waals surface area contributed by atoms with E-state index in [1.165, 1.54) is 12.1 Å². The van der Waals surface area contributed by atoms with Crippen LogP contribution < -0.4 is 10.5 Å². The van der Waals surface area contributed by atoms with Crippen LogP contribution in [0.2, 0.25) is 0 Å². The molecule has 2 aromatic rings. The largest absolute Gasteiger partial charge is 0.484 e. The van der Waals surface area contributed by atoms with E-state index in [0.29, 0.717) is 17.7 Å². The van der Waals surface area contributed by atoms with Gasteiger partial charge in [-0.3, -0.25) is 0 Å². The minimum Gasteiger partial charge on any atom is -0.484 e. The molecular weight excluding hydrogens is 269 g/mol. The molecule has 3 N–H and O–H groups in total. The maximum absolute atomic E-state index is 13.4. The number of hydrogen-bond acceptors (Lipinski definition) is 3. The van der Waals surface area contributed by atoms with Crippen molar-refractivity contribution < 1.29 is 14.2 Å². The molecule has 21 heavy (non-hydrogen) atoms. The topological polar surface area (TPSA) is 55.5 Å². The summed E-state index contributed by atoms with van der Waals surface area (Å²) in [7, 11) is 0. The highest BCUT2D eigenvalue weighted by Crippen LogP contribution is 2.26. The molecule has 2 aromatic carbocycles. The maximum Gasteiger partial charge on any atom is 0.139 e. The quantitative estimate of drug-likeness (QED) is 0.858. The van der Waals surface area contributed by atoms with Gasteiger partial charge in [0.25, 0.3) is 0 Å². The van der Waals surface area contributed by atoms with Crippen molar-refractivity contribution in [1.29, 1.82) is 0 Å². The lowest BCUT2D eigenvalue weighted by Gasteiger charge is -2.25. The first-order valence-corrected chi connectivity index (χ1v) is 7.01. The van der Waals surface area contributed by atoms with E-state index in [4.69, 9.17) is 10.5 Å². The molecule has 2 atom stereocenters. The van der Waals surface area contributed by atoms with Crippen LogP contribution in [0.25, 0.3) is 0 Å². The van der Waals surface area contributed by atoms with E-state index in [9.17, 15) is 9.50 Å². The van der Waals surface area contributed by atoms with E-state index in [2.05, 4.69) is 0 Å². The zero-order valence-corrected chi connectivity index (χ0v) is 12.0. The van der Waals surface area contributed by atoms with Crippen molar-refractivity contribution in [2.24, 2.45) is 5.73 Å². The second-order valence-corrected chi connectivity index (χ2v) is 4.97. The Morgan fingerprint density at radius 1 is 1.19 bits per heavy atom. The molecule has 2 unspecified atom stereocenters. The molecule has 112 valence electrons. The number of halogens is 1. The summed E-state index contributed by atoms with van der Waals surface area (Å²) in [6.45, 7) is 1.91. The van der Waals surface area contributed by atoms with Crippen LogP contribution in [-0.4, -0.2) is 11.1 Å². The Hall–Kier alpha value is -1.91. The number of hydrogen-bond donors (Lipinski definition) is 2. The first kappa shape index (κ1) is 15.5. The Balaban J connectivity index is 2.28. The number of ether oxygens (including phenoxy) is 1. The first-order chi connectivity index (χ1) is 10.1. The fourth-order valence-corrected chi connectivity index (χ4v) is 2.16. The van der Waals surface area contributed by atoms with Crippen molar-refractivity contribution in [3.8, 4) is 5.75 Å².